The summed E-state index contributed by atoms with van der Waals surface area (Å²) >= 11 is 6.12. The van der Waals surface area contributed by atoms with Crippen molar-refractivity contribution in [2.24, 2.45) is 0 Å². The second-order valence-electron chi connectivity index (χ2n) is 5.67. The first-order valence-electron chi connectivity index (χ1n) is 7.80. The van der Waals surface area contributed by atoms with Gasteiger partial charge in [0.05, 0.1) is 10.7 Å². The van der Waals surface area contributed by atoms with Crippen molar-refractivity contribution in [3.63, 3.8) is 0 Å². The number of aromatic nitrogens is 4. The van der Waals surface area contributed by atoms with E-state index in [1.165, 1.54) is 10.5 Å². The molecular weight excluding hydrogens is 356 g/mol. The molecular formula is C18H13ClN4O3. The highest BCUT2D eigenvalue weighted by Crippen LogP contribution is 2.26. The van der Waals surface area contributed by atoms with Gasteiger partial charge in [0, 0.05) is 17.8 Å². The number of ether oxygens (including phenoxy) is 1. The third-order valence-electron chi connectivity index (χ3n) is 3.73. The summed E-state index contributed by atoms with van der Waals surface area (Å²) in [6.45, 7) is 1.94. The number of rotatable bonds is 4. The zero-order valence-electron chi connectivity index (χ0n) is 13.7. The lowest BCUT2D eigenvalue weighted by atomic mass is 10.2. The van der Waals surface area contributed by atoms with Crippen LogP contribution in [0.1, 0.15) is 11.3 Å². The van der Waals surface area contributed by atoms with Crippen molar-refractivity contribution < 1.29 is 9.26 Å². The number of nitrogens with zero attached hydrogens (tertiary/aromatic N) is 4. The van der Waals surface area contributed by atoms with Gasteiger partial charge >= 0.3 is 6.08 Å². The Bertz CT molecular complexity index is 1150. The van der Waals surface area contributed by atoms with E-state index in [9.17, 15) is 4.79 Å². The van der Waals surface area contributed by atoms with Gasteiger partial charge < -0.3 is 4.74 Å². The molecule has 0 aliphatic heterocycles. The van der Waals surface area contributed by atoms with Gasteiger partial charge in [-0.2, -0.15) is 4.98 Å². The van der Waals surface area contributed by atoms with Crippen molar-refractivity contribution >= 4 is 17.2 Å². The Morgan fingerprint density at radius 1 is 1.19 bits per heavy atom. The Morgan fingerprint density at radius 2 is 2.04 bits per heavy atom. The Labute approximate surface area is 152 Å². The fourth-order valence-electron chi connectivity index (χ4n) is 2.49. The van der Waals surface area contributed by atoms with Crippen molar-refractivity contribution in [1.29, 1.82) is 0 Å². The Kier molecular flexibility index (Phi) is 4.14. The summed E-state index contributed by atoms with van der Waals surface area (Å²) in [7, 11) is 0. The summed E-state index contributed by atoms with van der Waals surface area (Å²) in [5.41, 5.74) is 2.45. The molecule has 0 N–H and O–H groups in total. The SMILES string of the molecule is Cc1ccc2nc(COc3nc(-c4ccccc4Cl)no3)cc(=O)n2c1. The average molecular weight is 369 g/mol. The highest BCUT2D eigenvalue weighted by atomic mass is 35.5. The number of halogens is 1. The van der Waals surface area contributed by atoms with E-state index in [1.807, 2.05) is 25.1 Å². The summed E-state index contributed by atoms with van der Waals surface area (Å²) < 4.78 is 12.0. The number of aryl methyl sites for hydroxylation is 1. The third-order valence-corrected chi connectivity index (χ3v) is 4.06. The maximum atomic E-state index is 12.2. The lowest BCUT2D eigenvalue weighted by Crippen LogP contribution is -2.16. The van der Waals surface area contributed by atoms with Gasteiger partial charge in [-0.25, -0.2) is 4.98 Å². The van der Waals surface area contributed by atoms with Crippen molar-refractivity contribution in [3.8, 4) is 17.5 Å². The lowest BCUT2D eigenvalue weighted by Gasteiger charge is -2.04. The van der Waals surface area contributed by atoms with E-state index >= 15 is 0 Å². The molecule has 0 aliphatic rings. The molecule has 0 aliphatic carbocycles. The number of hydrogen-bond donors (Lipinski definition) is 0. The largest absolute Gasteiger partial charge is 0.442 e. The molecule has 0 saturated heterocycles. The fraction of sp³-hybridized carbons (Fsp3) is 0.111. The monoisotopic (exact) mass is 368 g/mol. The Balaban J connectivity index is 1.55. The van der Waals surface area contributed by atoms with E-state index in [4.69, 9.17) is 20.9 Å². The molecule has 0 bridgehead atoms. The van der Waals surface area contributed by atoms with Gasteiger partial charge in [-0.05, 0) is 30.7 Å². The second-order valence-corrected chi connectivity index (χ2v) is 6.08. The van der Waals surface area contributed by atoms with Crippen LogP contribution in [0.4, 0.5) is 0 Å². The summed E-state index contributed by atoms with van der Waals surface area (Å²) in [6, 6.07) is 12.2. The van der Waals surface area contributed by atoms with Gasteiger partial charge in [0.25, 0.3) is 5.56 Å². The minimum atomic E-state index is -0.181. The highest BCUT2D eigenvalue weighted by molar-refractivity contribution is 6.33. The van der Waals surface area contributed by atoms with Crippen molar-refractivity contribution in [2.75, 3.05) is 0 Å². The molecule has 4 aromatic rings. The molecule has 8 heteroatoms. The molecule has 0 saturated carbocycles. The van der Waals surface area contributed by atoms with Crippen LogP contribution >= 0.6 is 11.6 Å². The molecule has 3 aromatic heterocycles. The van der Waals surface area contributed by atoms with Crippen molar-refractivity contribution in [2.45, 2.75) is 13.5 Å². The van der Waals surface area contributed by atoms with Crippen molar-refractivity contribution in [3.05, 3.63) is 75.3 Å². The maximum Gasteiger partial charge on any atom is 0.418 e. The molecule has 4 rings (SSSR count). The molecule has 130 valence electrons. The third kappa shape index (κ3) is 3.16. The number of hydrogen-bond acceptors (Lipinski definition) is 6. The zero-order valence-corrected chi connectivity index (χ0v) is 14.5. The highest BCUT2D eigenvalue weighted by Gasteiger charge is 2.13. The van der Waals surface area contributed by atoms with E-state index in [0.717, 1.165) is 5.56 Å². The average Bonchev–Trinajstić information content (AvgIpc) is 3.10. The molecule has 7 nitrogen and oxygen atoms in total. The van der Waals surface area contributed by atoms with Gasteiger partial charge in [-0.1, -0.05) is 35.0 Å². The molecule has 26 heavy (non-hydrogen) atoms. The molecule has 1 aromatic carbocycles. The fourth-order valence-corrected chi connectivity index (χ4v) is 2.71. The summed E-state index contributed by atoms with van der Waals surface area (Å²) in [4.78, 5) is 20.7. The number of pyridine rings is 1. The van der Waals surface area contributed by atoms with Crippen LogP contribution in [0, 0.1) is 6.92 Å². The number of fused-ring (bicyclic) bond motifs is 1. The van der Waals surface area contributed by atoms with Gasteiger partial charge in [0.2, 0.25) is 5.82 Å². The normalized spacial score (nSPS) is 11.0. The topological polar surface area (TPSA) is 82.5 Å². The summed E-state index contributed by atoms with van der Waals surface area (Å²) in [5, 5.41) is 4.37. The van der Waals surface area contributed by atoms with E-state index in [0.29, 0.717) is 27.8 Å². The first kappa shape index (κ1) is 16.3. The van der Waals surface area contributed by atoms with Crippen LogP contribution in [0.5, 0.6) is 6.08 Å². The van der Waals surface area contributed by atoms with Crippen molar-refractivity contribution in [1.82, 2.24) is 19.5 Å². The Morgan fingerprint density at radius 3 is 2.88 bits per heavy atom. The van der Waals surface area contributed by atoms with Crippen LogP contribution in [0.2, 0.25) is 5.02 Å². The first-order valence-corrected chi connectivity index (χ1v) is 8.18. The summed E-state index contributed by atoms with van der Waals surface area (Å²) in [6.07, 6.45) is 1.72. The molecule has 0 atom stereocenters. The standard InChI is InChI=1S/C18H13ClN4O3/c1-11-6-7-15-20-12(8-16(24)23(15)9-11)10-25-18-21-17(22-26-18)13-4-2-3-5-14(13)19/h2-9H,10H2,1H3. The van der Waals surface area contributed by atoms with Crippen LogP contribution < -0.4 is 10.3 Å². The minimum absolute atomic E-state index is 0.0224. The van der Waals surface area contributed by atoms with Crippen LogP contribution in [0.25, 0.3) is 17.0 Å². The van der Waals surface area contributed by atoms with Crippen LogP contribution in [-0.2, 0) is 6.61 Å². The maximum absolute atomic E-state index is 12.2. The lowest BCUT2D eigenvalue weighted by molar-refractivity contribution is 0.193. The van der Waals surface area contributed by atoms with Gasteiger partial charge in [-0.15, -0.1) is 0 Å². The van der Waals surface area contributed by atoms with Gasteiger partial charge in [0.1, 0.15) is 12.3 Å². The molecule has 0 fully saturated rings. The smallest absolute Gasteiger partial charge is 0.418 e. The number of benzene rings is 1. The molecule has 3 heterocycles. The zero-order chi connectivity index (χ0) is 18.1. The summed E-state index contributed by atoms with van der Waals surface area (Å²) in [5.74, 6) is 0.326. The van der Waals surface area contributed by atoms with Crippen LogP contribution in [-0.4, -0.2) is 19.5 Å². The van der Waals surface area contributed by atoms with E-state index in [1.54, 1.807) is 24.4 Å². The molecule has 0 amide bonds. The predicted octanol–water partition coefficient (Wildman–Crippen LogP) is 3.29. The van der Waals surface area contributed by atoms with E-state index in [-0.39, 0.29) is 18.2 Å². The molecule has 0 spiro atoms. The van der Waals surface area contributed by atoms with E-state index < -0.39 is 0 Å². The van der Waals surface area contributed by atoms with E-state index in [2.05, 4.69) is 15.1 Å². The Hall–Kier alpha value is -3.19. The second kappa shape index (κ2) is 6.61. The molecule has 0 unspecified atom stereocenters. The van der Waals surface area contributed by atoms with Gasteiger partial charge in [0.15, 0.2) is 0 Å². The predicted molar refractivity (Wildman–Crippen MR) is 95.3 cm³/mol. The first-order chi connectivity index (χ1) is 12.6. The molecule has 0 radical (unpaired) electrons. The quantitative estimate of drug-likeness (QED) is 0.549. The van der Waals surface area contributed by atoms with Crippen LogP contribution in [0.15, 0.2) is 58.0 Å². The van der Waals surface area contributed by atoms with Crippen LogP contribution in [0.3, 0.4) is 0 Å². The van der Waals surface area contributed by atoms with Gasteiger partial charge in [-0.3, -0.25) is 13.7 Å². The minimum Gasteiger partial charge on any atom is -0.442 e.